The van der Waals surface area contributed by atoms with Crippen molar-refractivity contribution < 1.29 is 13.9 Å². The van der Waals surface area contributed by atoms with Crippen LogP contribution in [0.25, 0.3) is 0 Å². The molecule has 20 heavy (non-hydrogen) atoms. The van der Waals surface area contributed by atoms with Crippen LogP contribution in [0.5, 0.6) is 11.5 Å². The summed E-state index contributed by atoms with van der Waals surface area (Å²) in [6.45, 7) is 0. The maximum atomic E-state index is 13.8. The van der Waals surface area contributed by atoms with Gasteiger partial charge in [0, 0.05) is 10.6 Å². The van der Waals surface area contributed by atoms with Crippen molar-refractivity contribution >= 4 is 27.5 Å². The molecule has 2 aromatic carbocycles. The van der Waals surface area contributed by atoms with E-state index in [1.165, 1.54) is 13.2 Å². The van der Waals surface area contributed by atoms with Gasteiger partial charge in [-0.1, -0.05) is 33.6 Å². The van der Waals surface area contributed by atoms with Gasteiger partial charge in [-0.25, -0.2) is 4.39 Å². The topological polar surface area (TPSA) is 18.5 Å². The van der Waals surface area contributed by atoms with Crippen LogP contribution >= 0.6 is 27.5 Å². The molecule has 0 aliphatic carbocycles. The summed E-state index contributed by atoms with van der Waals surface area (Å²) in [5, 5.41) is 0.597. The first-order valence-electron chi connectivity index (χ1n) is 5.87. The van der Waals surface area contributed by atoms with Crippen LogP contribution in [0, 0.1) is 5.82 Å². The molecule has 0 aliphatic rings. The molecule has 1 atom stereocenters. The van der Waals surface area contributed by atoms with E-state index in [0.29, 0.717) is 10.8 Å². The van der Waals surface area contributed by atoms with Crippen molar-refractivity contribution in [1.82, 2.24) is 0 Å². The van der Waals surface area contributed by atoms with Crippen LogP contribution in [0.1, 0.15) is 16.0 Å². The van der Waals surface area contributed by atoms with Crippen molar-refractivity contribution in [3.63, 3.8) is 0 Å². The Balaban J connectivity index is 2.43. The molecule has 0 spiro atoms. The van der Waals surface area contributed by atoms with Gasteiger partial charge in [0.05, 0.1) is 19.0 Å². The highest BCUT2D eigenvalue weighted by Crippen LogP contribution is 2.38. The number of hydrogen-bond donors (Lipinski definition) is 0. The van der Waals surface area contributed by atoms with Gasteiger partial charge in [0.1, 0.15) is 5.75 Å². The second kappa shape index (κ2) is 6.46. The van der Waals surface area contributed by atoms with Crippen LogP contribution < -0.4 is 9.47 Å². The van der Waals surface area contributed by atoms with Crippen molar-refractivity contribution in [2.24, 2.45) is 0 Å². The predicted octanol–water partition coefficient (Wildman–Crippen LogP) is 4.98. The molecule has 106 valence electrons. The van der Waals surface area contributed by atoms with Gasteiger partial charge in [0.2, 0.25) is 0 Å². The Morgan fingerprint density at radius 3 is 2.30 bits per heavy atom. The Hall–Kier alpha value is -1.26. The molecule has 0 fully saturated rings. The lowest BCUT2D eigenvalue weighted by Crippen LogP contribution is -1.98. The first-order chi connectivity index (χ1) is 9.56. The Kier molecular flexibility index (Phi) is 4.89. The van der Waals surface area contributed by atoms with Crippen molar-refractivity contribution in [1.29, 1.82) is 0 Å². The third-order valence-electron chi connectivity index (χ3n) is 2.93. The number of hydrogen-bond acceptors (Lipinski definition) is 2. The van der Waals surface area contributed by atoms with Crippen LogP contribution in [0.15, 0.2) is 36.4 Å². The van der Waals surface area contributed by atoms with Gasteiger partial charge < -0.3 is 9.47 Å². The van der Waals surface area contributed by atoms with Gasteiger partial charge in [0.15, 0.2) is 11.6 Å². The van der Waals surface area contributed by atoms with E-state index in [1.54, 1.807) is 37.4 Å². The molecule has 0 aromatic heterocycles. The van der Waals surface area contributed by atoms with Gasteiger partial charge in [-0.3, -0.25) is 0 Å². The predicted molar refractivity (Wildman–Crippen MR) is 81.7 cm³/mol. The molecule has 0 aliphatic heterocycles. The molecule has 2 aromatic rings. The lowest BCUT2D eigenvalue weighted by Gasteiger charge is -2.16. The van der Waals surface area contributed by atoms with Crippen molar-refractivity contribution in [2.45, 2.75) is 4.83 Å². The molecular formula is C15H13BrClFO2. The number of ether oxygens (including phenoxy) is 2. The Morgan fingerprint density at radius 2 is 1.70 bits per heavy atom. The monoisotopic (exact) mass is 358 g/mol. The summed E-state index contributed by atoms with van der Waals surface area (Å²) in [7, 11) is 3.02. The Bertz CT molecular complexity index is 619. The molecule has 0 radical (unpaired) electrons. The van der Waals surface area contributed by atoms with Crippen molar-refractivity contribution in [3.8, 4) is 11.5 Å². The quantitative estimate of drug-likeness (QED) is 0.717. The van der Waals surface area contributed by atoms with Gasteiger partial charge in [-0.2, -0.15) is 0 Å². The third kappa shape index (κ3) is 3.07. The van der Waals surface area contributed by atoms with Crippen molar-refractivity contribution in [3.05, 3.63) is 58.4 Å². The summed E-state index contributed by atoms with van der Waals surface area (Å²) in [6, 6.07) is 10.1. The lowest BCUT2D eigenvalue weighted by atomic mass is 10.0. The number of methoxy groups -OCH3 is 2. The first-order valence-corrected chi connectivity index (χ1v) is 7.17. The van der Waals surface area contributed by atoms with Crippen LogP contribution in [-0.2, 0) is 0 Å². The zero-order chi connectivity index (χ0) is 14.7. The Labute approximate surface area is 130 Å². The lowest BCUT2D eigenvalue weighted by molar-refractivity contribution is 0.386. The number of alkyl halides is 1. The van der Waals surface area contributed by atoms with Gasteiger partial charge in [0.25, 0.3) is 0 Å². The van der Waals surface area contributed by atoms with Gasteiger partial charge >= 0.3 is 0 Å². The molecule has 0 bridgehead atoms. The minimum Gasteiger partial charge on any atom is -0.496 e. The SMILES string of the molecule is COc1ccc(C(Br)c2cc(Cl)ccc2OC)cc1F. The highest BCUT2D eigenvalue weighted by Gasteiger charge is 2.17. The number of rotatable bonds is 4. The second-order valence-electron chi connectivity index (χ2n) is 4.14. The zero-order valence-electron chi connectivity index (χ0n) is 11.0. The smallest absolute Gasteiger partial charge is 0.165 e. The van der Waals surface area contributed by atoms with E-state index in [-0.39, 0.29) is 10.6 Å². The average Bonchev–Trinajstić information content (AvgIpc) is 2.46. The maximum Gasteiger partial charge on any atom is 0.165 e. The normalized spacial score (nSPS) is 12.1. The molecule has 0 N–H and O–H groups in total. The van der Waals surface area contributed by atoms with Crippen LogP contribution in [-0.4, -0.2) is 14.2 Å². The molecule has 0 saturated carbocycles. The van der Waals surface area contributed by atoms with E-state index >= 15 is 0 Å². The molecule has 0 heterocycles. The van der Waals surface area contributed by atoms with Crippen LogP contribution in [0.3, 0.4) is 0 Å². The molecule has 2 rings (SSSR count). The molecule has 0 amide bonds. The third-order valence-corrected chi connectivity index (χ3v) is 4.19. The first kappa shape index (κ1) is 15.1. The van der Waals surface area contributed by atoms with Gasteiger partial charge in [-0.05, 0) is 35.9 Å². The molecule has 1 unspecified atom stereocenters. The fourth-order valence-electron chi connectivity index (χ4n) is 1.92. The maximum absolute atomic E-state index is 13.8. The summed E-state index contributed by atoms with van der Waals surface area (Å²) < 4.78 is 24.0. The van der Waals surface area contributed by atoms with E-state index < -0.39 is 5.82 Å². The highest BCUT2D eigenvalue weighted by molar-refractivity contribution is 9.09. The molecule has 2 nitrogen and oxygen atoms in total. The summed E-state index contributed by atoms with van der Waals surface area (Å²) in [6.07, 6.45) is 0. The number of halogens is 3. The second-order valence-corrected chi connectivity index (χ2v) is 5.49. The fraction of sp³-hybridized carbons (Fsp3) is 0.200. The summed E-state index contributed by atoms with van der Waals surface area (Å²) in [4.78, 5) is -0.225. The van der Waals surface area contributed by atoms with Crippen LogP contribution in [0.2, 0.25) is 5.02 Å². The average molecular weight is 360 g/mol. The van der Waals surface area contributed by atoms with E-state index in [4.69, 9.17) is 21.1 Å². The molecule has 5 heteroatoms. The van der Waals surface area contributed by atoms with Gasteiger partial charge in [-0.15, -0.1) is 0 Å². The van der Waals surface area contributed by atoms with Crippen molar-refractivity contribution in [2.75, 3.05) is 14.2 Å². The Morgan fingerprint density at radius 1 is 1.05 bits per heavy atom. The summed E-state index contributed by atoms with van der Waals surface area (Å²) in [5.41, 5.74) is 1.59. The fourth-order valence-corrected chi connectivity index (χ4v) is 2.75. The van der Waals surface area contributed by atoms with E-state index in [2.05, 4.69) is 15.9 Å². The minimum atomic E-state index is -0.407. The van der Waals surface area contributed by atoms with Crippen LogP contribution in [0.4, 0.5) is 4.39 Å². The highest BCUT2D eigenvalue weighted by atomic mass is 79.9. The minimum absolute atomic E-state index is 0.214. The molecular weight excluding hydrogens is 347 g/mol. The summed E-state index contributed by atoms with van der Waals surface area (Å²) in [5.74, 6) is 0.495. The largest absolute Gasteiger partial charge is 0.496 e. The van der Waals surface area contributed by atoms with E-state index in [9.17, 15) is 4.39 Å². The van der Waals surface area contributed by atoms with E-state index in [1.807, 2.05) is 0 Å². The molecule has 0 saturated heterocycles. The zero-order valence-corrected chi connectivity index (χ0v) is 13.3. The van der Waals surface area contributed by atoms with E-state index in [0.717, 1.165) is 11.1 Å². The number of benzene rings is 2. The standard InChI is InChI=1S/C15H13BrClFO2/c1-19-13-6-4-10(17)8-11(13)15(16)9-3-5-14(20-2)12(18)7-9/h3-8,15H,1-2H3. The summed E-state index contributed by atoms with van der Waals surface area (Å²) >= 11 is 9.57.